The van der Waals surface area contributed by atoms with Crippen LogP contribution in [0.4, 0.5) is 10.1 Å². The maximum atomic E-state index is 13.7. The minimum absolute atomic E-state index is 0.0865. The van der Waals surface area contributed by atoms with Gasteiger partial charge in [0, 0.05) is 6.26 Å². The minimum Gasteiger partial charge on any atom is -0.322 e. The van der Waals surface area contributed by atoms with Crippen LogP contribution in [0.5, 0.6) is 0 Å². The van der Waals surface area contributed by atoms with E-state index in [0.717, 1.165) is 37.3 Å². The Morgan fingerprint density at radius 2 is 2.00 bits per heavy atom. The fourth-order valence-electron chi connectivity index (χ4n) is 2.44. The van der Waals surface area contributed by atoms with E-state index in [1.54, 1.807) is 0 Å². The predicted octanol–water partition coefficient (Wildman–Crippen LogP) is 2.25. The Balaban J connectivity index is 2.32. The van der Waals surface area contributed by atoms with Crippen molar-refractivity contribution >= 4 is 21.4 Å². The largest absolute Gasteiger partial charge is 0.322 e. The van der Waals surface area contributed by atoms with Crippen LogP contribution in [0.3, 0.4) is 0 Å². The predicted molar refractivity (Wildman–Crippen MR) is 74.7 cm³/mol. The summed E-state index contributed by atoms with van der Waals surface area (Å²) < 4.78 is 36.7. The molecule has 0 radical (unpaired) electrons. The summed E-state index contributed by atoms with van der Waals surface area (Å²) in [5.74, 6) is -1.31. The number of nitriles is 1. The van der Waals surface area contributed by atoms with Gasteiger partial charge >= 0.3 is 0 Å². The third-order valence-corrected chi connectivity index (χ3v) is 4.83. The fraction of sp³-hybridized carbons (Fsp3) is 0.429. The van der Waals surface area contributed by atoms with Crippen LogP contribution < -0.4 is 5.32 Å². The summed E-state index contributed by atoms with van der Waals surface area (Å²) >= 11 is 0. The van der Waals surface area contributed by atoms with Crippen molar-refractivity contribution in [2.24, 2.45) is 5.41 Å². The Hall–Kier alpha value is -1.94. The van der Waals surface area contributed by atoms with Gasteiger partial charge in [-0.25, -0.2) is 12.8 Å². The number of amides is 1. The van der Waals surface area contributed by atoms with Gasteiger partial charge in [0.2, 0.25) is 5.91 Å². The third kappa shape index (κ3) is 3.05. The normalized spacial score (nSPS) is 17.2. The van der Waals surface area contributed by atoms with Crippen LogP contribution in [0.15, 0.2) is 23.1 Å². The first kappa shape index (κ1) is 15.4. The molecule has 0 heterocycles. The molecule has 0 atom stereocenters. The number of carbonyl (C=O) groups excluding carboxylic acids is 1. The van der Waals surface area contributed by atoms with Gasteiger partial charge in [-0.2, -0.15) is 5.26 Å². The maximum absolute atomic E-state index is 13.7. The molecule has 0 unspecified atom stereocenters. The van der Waals surface area contributed by atoms with Gasteiger partial charge in [-0.1, -0.05) is 12.8 Å². The molecule has 0 bridgehead atoms. The van der Waals surface area contributed by atoms with Crippen molar-refractivity contribution in [1.29, 1.82) is 5.26 Å². The Kier molecular flexibility index (Phi) is 4.01. The summed E-state index contributed by atoms with van der Waals surface area (Å²) in [4.78, 5) is 12.1. The second-order valence-corrected chi connectivity index (χ2v) is 7.28. The summed E-state index contributed by atoms with van der Waals surface area (Å²) in [7, 11) is -3.50. The van der Waals surface area contributed by atoms with E-state index in [0.29, 0.717) is 12.8 Å². The zero-order valence-electron chi connectivity index (χ0n) is 11.5. The van der Waals surface area contributed by atoms with E-state index in [2.05, 4.69) is 5.32 Å². The molecule has 1 fully saturated rings. The molecule has 7 heteroatoms. The average Bonchev–Trinajstić information content (AvgIpc) is 2.90. The van der Waals surface area contributed by atoms with Crippen molar-refractivity contribution in [2.75, 3.05) is 11.6 Å². The standard InChI is InChI=1S/C14H15FN2O3S/c1-21(19,20)10-4-5-11(15)12(8-10)17-13(18)14(9-16)6-2-3-7-14/h4-5,8H,2-3,6-7H2,1H3,(H,17,18). The van der Waals surface area contributed by atoms with Crippen molar-refractivity contribution in [1.82, 2.24) is 0 Å². The second-order valence-electron chi connectivity index (χ2n) is 5.27. The molecule has 2 rings (SSSR count). The van der Waals surface area contributed by atoms with E-state index >= 15 is 0 Å². The highest BCUT2D eigenvalue weighted by molar-refractivity contribution is 7.90. The van der Waals surface area contributed by atoms with E-state index in [1.165, 1.54) is 0 Å². The molecule has 1 N–H and O–H groups in total. The van der Waals surface area contributed by atoms with Crippen molar-refractivity contribution in [2.45, 2.75) is 30.6 Å². The molecule has 0 saturated heterocycles. The van der Waals surface area contributed by atoms with Gasteiger partial charge < -0.3 is 5.32 Å². The molecular weight excluding hydrogens is 295 g/mol. The van der Waals surface area contributed by atoms with Crippen LogP contribution in [0, 0.1) is 22.6 Å². The van der Waals surface area contributed by atoms with Crippen LogP contribution in [-0.2, 0) is 14.6 Å². The number of rotatable bonds is 3. The zero-order chi connectivity index (χ0) is 15.7. The molecule has 5 nitrogen and oxygen atoms in total. The topological polar surface area (TPSA) is 87.0 Å². The number of nitrogens with one attached hydrogen (secondary N) is 1. The molecular formula is C14H15FN2O3S. The van der Waals surface area contributed by atoms with Crippen LogP contribution in [0.1, 0.15) is 25.7 Å². The first-order valence-electron chi connectivity index (χ1n) is 6.51. The Bertz CT molecular complexity index is 716. The molecule has 1 aromatic rings. The zero-order valence-corrected chi connectivity index (χ0v) is 12.3. The van der Waals surface area contributed by atoms with Crippen molar-refractivity contribution in [3.8, 4) is 6.07 Å². The van der Waals surface area contributed by atoms with E-state index in [1.807, 2.05) is 6.07 Å². The summed E-state index contributed by atoms with van der Waals surface area (Å²) in [6, 6.07) is 5.20. The van der Waals surface area contributed by atoms with Crippen molar-refractivity contribution < 1.29 is 17.6 Å². The van der Waals surface area contributed by atoms with Crippen molar-refractivity contribution in [3.63, 3.8) is 0 Å². The highest BCUT2D eigenvalue weighted by atomic mass is 32.2. The molecule has 1 aromatic carbocycles. The Morgan fingerprint density at radius 1 is 1.38 bits per heavy atom. The molecule has 1 saturated carbocycles. The fourth-order valence-corrected chi connectivity index (χ4v) is 3.09. The molecule has 0 aromatic heterocycles. The summed E-state index contributed by atoms with van der Waals surface area (Å²) in [5, 5.41) is 11.6. The van der Waals surface area contributed by atoms with Gasteiger partial charge in [-0.3, -0.25) is 4.79 Å². The van der Waals surface area contributed by atoms with E-state index in [9.17, 15) is 22.9 Å². The van der Waals surface area contributed by atoms with Gasteiger partial charge in [0.15, 0.2) is 9.84 Å². The summed E-state index contributed by atoms with van der Waals surface area (Å²) in [5.41, 5.74) is -1.36. The average molecular weight is 310 g/mol. The first-order chi connectivity index (χ1) is 9.78. The minimum atomic E-state index is -3.50. The van der Waals surface area contributed by atoms with Crippen LogP contribution in [0.2, 0.25) is 0 Å². The maximum Gasteiger partial charge on any atom is 0.244 e. The van der Waals surface area contributed by atoms with E-state index in [4.69, 9.17) is 0 Å². The molecule has 1 aliphatic carbocycles. The van der Waals surface area contributed by atoms with Crippen LogP contribution in [-0.4, -0.2) is 20.6 Å². The molecule has 21 heavy (non-hydrogen) atoms. The number of anilines is 1. The molecule has 0 aliphatic heterocycles. The van der Waals surface area contributed by atoms with E-state index in [-0.39, 0.29) is 10.6 Å². The number of halogens is 1. The molecule has 1 amide bonds. The number of nitrogens with zero attached hydrogens (tertiary/aromatic N) is 1. The van der Waals surface area contributed by atoms with Gasteiger partial charge in [-0.05, 0) is 31.0 Å². The summed E-state index contributed by atoms with van der Waals surface area (Å²) in [6.07, 6.45) is 3.41. The SMILES string of the molecule is CS(=O)(=O)c1ccc(F)c(NC(=O)C2(C#N)CCCC2)c1. The van der Waals surface area contributed by atoms with Gasteiger partial charge in [0.1, 0.15) is 11.2 Å². The molecule has 0 spiro atoms. The number of benzene rings is 1. The van der Waals surface area contributed by atoms with Crippen LogP contribution in [0.25, 0.3) is 0 Å². The monoisotopic (exact) mass is 310 g/mol. The van der Waals surface area contributed by atoms with E-state index < -0.39 is 27.0 Å². The van der Waals surface area contributed by atoms with Crippen molar-refractivity contribution in [3.05, 3.63) is 24.0 Å². The molecule has 112 valence electrons. The Labute approximate surface area is 122 Å². The van der Waals surface area contributed by atoms with Gasteiger partial charge in [-0.15, -0.1) is 0 Å². The number of hydrogen-bond donors (Lipinski definition) is 1. The quantitative estimate of drug-likeness (QED) is 0.867. The molecule has 1 aliphatic rings. The highest BCUT2D eigenvalue weighted by Gasteiger charge is 2.41. The third-order valence-electron chi connectivity index (χ3n) is 3.72. The lowest BCUT2D eigenvalue weighted by Crippen LogP contribution is -2.32. The second kappa shape index (κ2) is 5.45. The van der Waals surface area contributed by atoms with Gasteiger partial charge in [0.25, 0.3) is 0 Å². The first-order valence-corrected chi connectivity index (χ1v) is 8.40. The number of sulfone groups is 1. The highest BCUT2D eigenvalue weighted by Crippen LogP contribution is 2.38. The lowest BCUT2D eigenvalue weighted by Gasteiger charge is -2.19. The summed E-state index contributed by atoms with van der Waals surface area (Å²) in [6.45, 7) is 0. The number of hydrogen-bond acceptors (Lipinski definition) is 4. The van der Waals surface area contributed by atoms with Gasteiger partial charge in [0.05, 0.1) is 16.7 Å². The smallest absolute Gasteiger partial charge is 0.244 e. The number of carbonyl (C=O) groups is 1. The Morgan fingerprint density at radius 3 is 2.52 bits per heavy atom. The lowest BCUT2D eigenvalue weighted by molar-refractivity contribution is -0.122. The lowest BCUT2D eigenvalue weighted by atomic mass is 9.87. The van der Waals surface area contributed by atoms with Crippen LogP contribution >= 0.6 is 0 Å².